The van der Waals surface area contributed by atoms with E-state index in [4.69, 9.17) is 16.7 Å². The second-order valence-electron chi connectivity index (χ2n) is 2.89. The maximum atomic E-state index is 12.4. The van der Waals surface area contributed by atoms with Crippen molar-refractivity contribution in [3.8, 4) is 0 Å². The van der Waals surface area contributed by atoms with E-state index in [1.54, 1.807) is 0 Å². The number of hydrogen-bond acceptors (Lipinski definition) is 2. The van der Waals surface area contributed by atoms with Gasteiger partial charge >= 0.3 is 6.18 Å². The Labute approximate surface area is 102 Å². The molecule has 0 aliphatic carbocycles. The Bertz CT molecular complexity index is 431. The van der Waals surface area contributed by atoms with Crippen molar-refractivity contribution in [3.05, 3.63) is 32.8 Å². The Morgan fingerprint density at radius 1 is 1.44 bits per heavy atom. The fourth-order valence-electron chi connectivity index (χ4n) is 1.06. The number of hydrogen-bond donors (Lipinski definition) is 1. The molecule has 2 nitrogen and oxygen atoms in total. The van der Waals surface area contributed by atoms with Crippen LogP contribution in [0.2, 0.25) is 5.02 Å². The molecule has 0 unspecified atom stereocenters. The van der Waals surface area contributed by atoms with Crippen LogP contribution in [-0.2, 0) is 6.18 Å². The van der Waals surface area contributed by atoms with E-state index in [0.717, 1.165) is 6.07 Å². The molecule has 1 rings (SSSR count). The van der Waals surface area contributed by atoms with Gasteiger partial charge in [0.1, 0.15) is 6.61 Å². The number of carbonyl (C=O) groups excluding carboxylic acids is 1. The highest BCUT2D eigenvalue weighted by atomic mass is 79.9. The highest BCUT2D eigenvalue weighted by Crippen LogP contribution is 2.37. The summed E-state index contributed by atoms with van der Waals surface area (Å²) in [4.78, 5) is 11.1. The lowest BCUT2D eigenvalue weighted by Gasteiger charge is -2.11. The lowest BCUT2D eigenvalue weighted by atomic mass is 10.1. The zero-order chi connectivity index (χ0) is 12.5. The summed E-state index contributed by atoms with van der Waals surface area (Å²) in [5, 5.41) is 8.25. The lowest BCUT2D eigenvalue weighted by molar-refractivity contribution is -0.138. The molecule has 1 aromatic carbocycles. The van der Waals surface area contributed by atoms with E-state index in [-0.39, 0.29) is 15.1 Å². The van der Waals surface area contributed by atoms with E-state index < -0.39 is 24.1 Å². The standard InChI is InChI=1S/C9H5BrClF3O2/c10-6-1-4(8(16)3-15)7(11)2-5(6)9(12,13)14/h1-2,15H,3H2. The first-order chi connectivity index (χ1) is 7.27. The molecule has 0 aliphatic heterocycles. The normalized spacial score (nSPS) is 11.6. The average molecular weight is 317 g/mol. The van der Waals surface area contributed by atoms with Crippen molar-refractivity contribution in [2.24, 2.45) is 0 Å². The van der Waals surface area contributed by atoms with Crippen molar-refractivity contribution in [1.29, 1.82) is 0 Å². The van der Waals surface area contributed by atoms with Crippen molar-refractivity contribution in [3.63, 3.8) is 0 Å². The third-order valence-corrected chi connectivity index (χ3v) is 2.77. The molecule has 0 saturated heterocycles. The van der Waals surface area contributed by atoms with Gasteiger partial charge in [-0.05, 0) is 12.1 Å². The third-order valence-electron chi connectivity index (χ3n) is 1.81. The van der Waals surface area contributed by atoms with Gasteiger partial charge in [0.25, 0.3) is 0 Å². The molecule has 1 aromatic rings. The van der Waals surface area contributed by atoms with Crippen LogP contribution in [0.1, 0.15) is 15.9 Å². The van der Waals surface area contributed by atoms with Gasteiger partial charge in [0.15, 0.2) is 5.78 Å². The number of rotatable bonds is 2. The van der Waals surface area contributed by atoms with Gasteiger partial charge in [0.2, 0.25) is 0 Å². The maximum Gasteiger partial charge on any atom is 0.417 e. The largest absolute Gasteiger partial charge is 0.417 e. The zero-order valence-corrected chi connectivity index (χ0v) is 9.95. The van der Waals surface area contributed by atoms with Crippen LogP contribution in [0.5, 0.6) is 0 Å². The Hall–Kier alpha value is -0.590. The summed E-state index contributed by atoms with van der Waals surface area (Å²) in [6.45, 7) is -0.808. The number of aliphatic hydroxyl groups is 1. The van der Waals surface area contributed by atoms with Gasteiger partial charge < -0.3 is 5.11 Å². The first-order valence-corrected chi connectivity index (χ1v) is 5.14. The number of ketones is 1. The first-order valence-electron chi connectivity index (χ1n) is 3.97. The van der Waals surface area contributed by atoms with Gasteiger partial charge in [0, 0.05) is 10.0 Å². The fourth-order valence-corrected chi connectivity index (χ4v) is 1.90. The molecular formula is C9H5BrClF3O2. The highest BCUT2D eigenvalue weighted by molar-refractivity contribution is 9.10. The van der Waals surface area contributed by atoms with Gasteiger partial charge in [-0.2, -0.15) is 13.2 Å². The monoisotopic (exact) mass is 316 g/mol. The number of carbonyl (C=O) groups is 1. The molecule has 88 valence electrons. The number of aliphatic hydroxyl groups excluding tert-OH is 1. The Morgan fingerprint density at radius 3 is 2.44 bits per heavy atom. The van der Waals surface area contributed by atoms with Crippen LogP contribution in [0.25, 0.3) is 0 Å². The van der Waals surface area contributed by atoms with Crippen molar-refractivity contribution >= 4 is 33.3 Å². The van der Waals surface area contributed by atoms with E-state index in [0.29, 0.717) is 6.07 Å². The molecule has 0 aromatic heterocycles. The van der Waals surface area contributed by atoms with Gasteiger partial charge in [-0.25, -0.2) is 0 Å². The van der Waals surface area contributed by atoms with Crippen LogP contribution in [-0.4, -0.2) is 17.5 Å². The first kappa shape index (κ1) is 13.5. The third kappa shape index (κ3) is 2.75. The van der Waals surface area contributed by atoms with Crippen LogP contribution in [0.4, 0.5) is 13.2 Å². The molecule has 0 radical (unpaired) electrons. The second-order valence-corrected chi connectivity index (χ2v) is 4.15. The molecule has 0 aliphatic rings. The second kappa shape index (κ2) is 4.73. The molecule has 0 atom stereocenters. The number of benzene rings is 1. The van der Waals surface area contributed by atoms with Crippen LogP contribution in [0.15, 0.2) is 16.6 Å². The Balaban J connectivity index is 3.33. The van der Waals surface area contributed by atoms with Crippen LogP contribution < -0.4 is 0 Å². The molecule has 0 amide bonds. The minimum atomic E-state index is -4.55. The minimum absolute atomic E-state index is 0.149. The van der Waals surface area contributed by atoms with Crippen molar-refractivity contribution in [2.75, 3.05) is 6.61 Å². The Morgan fingerprint density at radius 2 is 2.00 bits per heavy atom. The summed E-state index contributed by atoms with van der Waals surface area (Å²) in [6.07, 6.45) is -4.55. The summed E-state index contributed by atoms with van der Waals surface area (Å²) in [5.41, 5.74) is -1.11. The van der Waals surface area contributed by atoms with Gasteiger partial charge in [-0.15, -0.1) is 0 Å². The van der Waals surface area contributed by atoms with Crippen LogP contribution in [0.3, 0.4) is 0 Å². The van der Waals surface area contributed by atoms with E-state index in [1.165, 1.54) is 0 Å². The summed E-state index contributed by atoms with van der Waals surface area (Å²) in [6, 6.07) is 1.60. The van der Waals surface area contributed by atoms with Gasteiger partial charge in [-0.1, -0.05) is 27.5 Å². The minimum Gasteiger partial charge on any atom is -0.388 e. The summed E-state index contributed by atoms with van der Waals surface area (Å²) < 4.78 is 37.0. The van der Waals surface area contributed by atoms with Crippen LogP contribution >= 0.6 is 27.5 Å². The SMILES string of the molecule is O=C(CO)c1cc(Br)c(C(F)(F)F)cc1Cl. The zero-order valence-electron chi connectivity index (χ0n) is 7.61. The van der Waals surface area contributed by atoms with E-state index >= 15 is 0 Å². The summed E-state index contributed by atoms with van der Waals surface area (Å²) in [7, 11) is 0. The summed E-state index contributed by atoms with van der Waals surface area (Å²) in [5.74, 6) is -0.737. The molecule has 0 bridgehead atoms. The molecule has 0 spiro atoms. The fraction of sp³-hybridized carbons (Fsp3) is 0.222. The number of alkyl halides is 3. The summed E-state index contributed by atoms with van der Waals surface area (Å²) >= 11 is 8.23. The quantitative estimate of drug-likeness (QED) is 0.850. The van der Waals surface area contributed by atoms with E-state index in [1.807, 2.05) is 0 Å². The molecule has 16 heavy (non-hydrogen) atoms. The molecular weight excluding hydrogens is 312 g/mol. The topological polar surface area (TPSA) is 37.3 Å². The van der Waals surface area contributed by atoms with Crippen LogP contribution in [0, 0.1) is 0 Å². The molecule has 0 heterocycles. The number of halogens is 5. The average Bonchev–Trinajstić information content (AvgIpc) is 2.18. The van der Waals surface area contributed by atoms with E-state index in [2.05, 4.69) is 15.9 Å². The van der Waals surface area contributed by atoms with E-state index in [9.17, 15) is 18.0 Å². The van der Waals surface area contributed by atoms with Crippen molar-refractivity contribution in [1.82, 2.24) is 0 Å². The predicted octanol–water partition coefficient (Wildman–Crippen LogP) is 3.30. The predicted molar refractivity (Wildman–Crippen MR) is 55.6 cm³/mol. The van der Waals surface area contributed by atoms with Crippen molar-refractivity contribution < 1.29 is 23.1 Å². The molecule has 7 heteroatoms. The molecule has 1 N–H and O–H groups in total. The van der Waals surface area contributed by atoms with Gasteiger partial charge in [-0.3, -0.25) is 4.79 Å². The van der Waals surface area contributed by atoms with Gasteiger partial charge in [0.05, 0.1) is 10.6 Å². The highest BCUT2D eigenvalue weighted by Gasteiger charge is 2.34. The lowest BCUT2D eigenvalue weighted by Crippen LogP contribution is -2.10. The molecule has 0 saturated carbocycles. The number of Topliss-reactive ketones (excluding diaryl/α,β-unsaturated/α-hetero) is 1. The smallest absolute Gasteiger partial charge is 0.388 e. The van der Waals surface area contributed by atoms with Crippen molar-refractivity contribution in [2.45, 2.75) is 6.18 Å². The maximum absolute atomic E-state index is 12.4. The molecule has 0 fully saturated rings. The Kier molecular flexibility index (Phi) is 3.98.